The van der Waals surface area contributed by atoms with Crippen LogP contribution in [0.4, 0.5) is 0 Å². The number of carboxylic acid groups (broad SMARTS) is 1. The summed E-state index contributed by atoms with van der Waals surface area (Å²) in [4.78, 5) is 22.6. The molecule has 2 atom stereocenters. The van der Waals surface area contributed by atoms with Gasteiger partial charge in [-0.05, 0) is 25.2 Å². The molecular formula is C16H30O4. The molecule has 0 aliphatic rings. The third-order valence-electron chi connectivity index (χ3n) is 3.68. The van der Waals surface area contributed by atoms with Gasteiger partial charge >= 0.3 is 11.9 Å². The van der Waals surface area contributed by atoms with E-state index in [-0.39, 0.29) is 18.3 Å². The first-order valence-electron chi connectivity index (χ1n) is 7.93. The SMILES string of the molecule is CCCCC(CC)COC(=O)C(CCC)CCC(=O)O. The normalized spacial score (nSPS) is 13.8. The lowest BCUT2D eigenvalue weighted by Crippen LogP contribution is -2.22. The monoisotopic (exact) mass is 286 g/mol. The third-order valence-corrected chi connectivity index (χ3v) is 3.68. The number of aliphatic carboxylic acids is 1. The van der Waals surface area contributed by atoms with E-state index in [0.29, 0.717) is 25.4 Å². The quantitative estimate of drug-likeness (QED) is 0.550. The summed E-state index contributed by atoms with van der Waals surface area (Å²) in [6.07, 6.45) is 6.41. The Morgan fingerprint density at radius 1 is 1.05 bits per heavy atom. The number of hydrogen-bond acceptors (Lipinski definition) is 3. The van der Waals surface area contributed by atoms with Gasteiger partial charge in [-0.2, -0.15) is 0 Å². The Labute approximate surface area is 122 Å². The van der Waals surface area contributed by atoms with Crippen molar-refractivity contribution in [2.75, 3.05) is 6.61 Å². The van der Waals surface area contributed by atoms with Crippen LogP contribution < -0.4 is 0 Å². The van der Waals surface area contributed by atoms with E-state index >= 15 is 0 Å². The van der Waals surface area contributed by atoms with Gasteiger partial charge in [0.05, 0.1) is 12.5 Å². The van der Waals surface area contributed by atoms with Gasteiger partial charge in [-0.15, -0.1) is 0 Å². The molecule has 0 saturated carbocycles. The summed E-state index contributed by atoms with van der Waals surface area (Å²) < 4.78 is 5.41. The lowest BCUT2D eigenvalue weighted by Gasteiger charge is -2.18. The van der Waals surface area contributed by atoms with Crippen LogP contribution in [0.2, 0.25) is 0 Å². The van der Waals surface area contributed by atoms with Crippen molar-refractivity contribution < 1.29 is 19.4 Å². The molecular weight excluding hydrogens is 256 g/mol. The standard InChI is InChI=1S/C16H30O4/c1-4-7-9-13(6-3)12-20-16(19)14(8-5-2)10-11-15(17)18/h13-14H,4-12H2,1-3H3,(H,17,18). The van der Waals surface area contributed by atoms with E-state index in [4.69, 9.17) is 9.84 Å². The zero-order valence-electron chi connectivity index (χ0n) is 13.2. The second-order valence-electron chi connectivity index (χ2n) is 5.46. The Morgan fingerprint density at radius 3 is 2.25 bits per heavy atom. The van der Waals surface area contributed by atoms with Gasteiger partial charge in [0.25, 0.3) is 0 Å². The maximum absolute atomic E-state index is 12.0. The predicted molar refractivity (Wildman–Crippen MR) is 79.5 cm³/mol. The second-order valence-corrected chi connectivity index (χ2v) is 5.46. The van der Waals surface area contributed by atoms with Crippen LogP contribution in [0.1, 0.15) is 72.1 Å². The van der Waals surface area contributed by atoms with Crippen LogP contribution in [0.15, 0.2) is 0 Å². The van der Waals surface area contributed by atoms with E-state index < -0.39 is 5.97 Å². The number of carboxylic acids is 1. The molecule has 0 aromatic heterocycles. The highest BCUT2D eigenvalue weighted by Crippen LogP contribution is 2.18. The molecule has 1 N–H and O–H groups in total. The van der Waals surface area contributed by atoms with Crippen LogP contribution >= 0.6 is 0 Å². The van der Waals surface area contributed by atoms with E-state index in [9.17, 15) is 9.59 Å². The van der Waals surface area contributed by atoms with E-state index in [1.807, 2.05) is 6.92 Å². The van der Waals surface area contributed by atoms with Crippen LogP contribution in [-0.2, 0) is 14.3 Å². The molecule has 0 spiro atoms. The molecule has 0 saturated heterocycles. The van der Waals surface area contributed by atoms with Crippen molar-refractivity contribution in [3.8, 4) is 0 Å². The maximum Gasteiger partial charge on any atom is 0.308 e. The van der Waals surface area contributed by atoms with Gasteiger partial charge in [-0.1, -0.05) is 46.5 Å². The van der Waals surface area contributed by atoms with Crippen molar-refractivity contribution in [2.24, 2.45) is 11.8 Å². The minimum atomic E-state index is -0.853. The molecule has 20 heavy (non-hydrogen) atoms. The molecule has 0 bridgehead atoms. The van der Waals surface area contributed by atoms with Crippen LogP contribution in [0.3, 0.4) is 0 Å². The molecule has 0 aromatic rings. The first-order chi connectivity index (χ1) is 9.54. The molecule has 0 rings (SSSR count). The topological polar surface area (TPSA) is 63.6 Å². The van der Waals surface area contributed by atoms with E-state index in [2.05, 4.69) is 13.8 Å². The molecule has 0 radical (unpaired) electrons. The van der Waals surface area contributed by atoms with Gasteiger partial charge in [-0.25, -0.2) is 0 Å². The predicted octanol–water partition coefficient (Wildman–Crippen LogP) is 4.03. The third kappa shape index (κ3) is 8.94. The first-order valence-corrected chi connectivity index (χ1v) is 7.93. The molecule has 4 nitrogen and oxygen atoms in total. The summed E-state index contributed by atoms with van der Waals surface area (Å²) in [7, 11) is 0. The Hall–Kier alpha value is -1.06. The number of unbranched alkanes of at least 4 members (excludes halogenated alkanes) is 1. The van der Waals surface area contributed by atoms with Crippen molar-refractivity contribution in [3.05, 3.63) is 0 Å². The fraction of sp³-hybridized carbons (Fsp3) is 0.875. The Balaban J connectivity index is 4.18. The highest BCUT2D eigenvalue weighted by molar-refractivity contribution is 5.74. The maximum atomic E-state index is 12.0. The van der Waals surface area contributed by atoms with Gasteiger partial charge in [0, 0.05) is 6.42 Å². The van der Waals surface area contributed by atoms with Crippen LogP contribution in [-0.4, -0.2) is 23.7 Å². The van der Waals surface area contributed by atoms with Crippen molar-refractivity contribution >= 4 is 11.9 Å². The molecule has 4 heteroatoms. The molecule has 0 aliphatic heterocycles. The number of hydrogen-bond donors (Lipinski definition) is 1. The van der Waals surface area contributed by atoms with Gasteiger partial charge in [0.1, 0.15) is 0 Å². The molecule has 2 unspecified atom stereocenters. The summed E-state index contributed by atoms with van der Waals surface area (Å²) in [5, 5.41) is 8.71. The zero-order chi connectivity index (χ0) is 15.4. The number of carbonyl (C=O) groups excluding carboxylic acids is 1. The Morgan fingerprint density at radius 2 is 1.75 bits per heavy atom. The minimum absolute atomic E-state index is 0.0345. The smallest absolute Gasteiger partial charge is 0.308 e. The summed E-state index contributed by atoms with van der Waals surface area (Å²) >= 11 is 0. The molecule has 118 valence electrons. The minimum Gasteiger partial charge on any atom is -0.481 e. The zero-order valence-corrected chi connectivity index (χ0v) is 13.2. The average Bonchev–Trinajstić information content (AvgIpc) is 2.43. The number of esters is 1. The highest BCUT2D eigenvalue weighted by Gasteiger charge is 2.21. The van der Waals surface area contributed by atoms with Crippen molar-refractivity contribution in [2.45, 2.75) is 72.1 Å². The van der Waals surface area contributed by atoms with Crippen LogP contribution in [0.25, 0.3) is 0 Å². The van der Waals surface area contributed by atoms with Crippen molar-refractivity contribution in [1.29, 1.82) is 0 Å². The number of carbonyl (C=O) groups is 2. The number of rotatable bonds is 12. The van der Waals surface area contributed by atoms with Crippen LogP contribution in [0, 0.1) is 11.8 Å². The lowest BCUT2D eigenvalue weighted by molar-refractivity contribution is -0.151. The summed E-state index contributed by atoms with van der Waals surface area (Å²) in [5.74, 6) is -0.906. The fourth-order valence-corrected chi connectivity index (χ4v) is 2.24. The average molecular weight is 286 g/mol. The van der Waals surface area contributed by atoms with Crippen molar-refractivity contribution in [1.82, 2.24) is 0 Å². The highest BCUT2D eigenvalue weighted by atomic mass is 16.5. The molecule has 0 fully saturated rings. The van der Waals surface area contributed by atoms with E-state index in [1.54, 1.807) is 0 Å². The summed E-state index contributed by atoms with van der Waals surface area (Å²) in [6.45, 7) is 6.74. The summed E-state index contributed by atoms with van der Waals surface area (Å²) in [6, 6.07) is 0. The Kier molecular flexibility index (Phi) is 11.1. The van der Waals surface area contributed by atoms with Gasteiger partial charge < -0.3 is 9.84 Å². The molecule has 0 heterocycles. The van der Waals surface area contributed by atoms with Gasteiger partial charge in [0.15, 0.2) is 0 Å². The Bertz CT molecular complexity index is 276. The largest absolute Gasteiger partial charge is 0.481 e. The molecule has 0 aliphatic carbocycles. The molecule has 0 aromatic carbocycles. The number of ether oxygens (including phenoxy) is 1. The molecule has 0 amide bonds. The second kappa shape index (κ2) is 11.7. The first kappa shape index (κ1) is 18.9. The van der Waals surface area contributed by atoms with Crippen molar-refractivity contribution in [3.63, 3.8) is 0 Å². The van der Waals surface area contributed by atoms with E-state index in [0.717, 1.165) is 32.1 Å². The summed E-state index contributed by atoms with van der Waals surface area (Å²) in [5.41, 5.74) is 0. The lowest BCUT2D eigenvalue weighted by atomic mass is 9.97. The van der Waals surface area contributed by atoms with Gasteiger partial charge in [-0.3, -0.25) is 9.59 Å². The van der Waals surface area contributed by atoms with Crippen LogP contribution in [0.5, 0.6) is 0 Å². The van der Waals surface area contributed by atoms with Gasteiger partial charge in [0.2, 0.25) is 0 Å². The fourth-order valence-electron chi connectivity index (χ4n) is 2.24. The van der Waals surface area contributed by atoms with E-state index in [1.165, 1.54) is 0 Å².